The molecule has 7 nitrogen and oxygen atoms in total. The molecule has 0 aliphatic carbocycles. The molecule has 1 N–H and O–H groups in total. The molecule has 0 saturated carbocycles. The summed E-state index contributed by atoms with van der Waals surface area (Å²) in [5.41, 5.74) is 1.19. The smallest absolute Gasteiger partial charge is 0.206 e. The number of nitrogens with zero attached hydrogens (tertiary/aromatic N) is 5. The minimum Gasteiger partial charge on any atom is -0.389 e. The summed E-state index contributed by atoms with van der Waals surface area (Å²) in [5, 5.41) is 22.0. The summed E-state index contributed by atoms with van der Waals surface area (Å²) < 4.78 is 18.8. The third kappa shape index (κ3) is 4.18. The van der Waals surface area contributed by atoms with Crippen LogP contribution in [0.1, 0.15) is 5.56 Å². The largest absolute Gasteiger partial charge is 0.389 e. The van der Waals surface area contributed by atoms with Crippen LogP contribution in [0.25, 0.3) is 11.4 Å². The zero-order valence-electron chi connectivity index (χ0n) is 12.8. The monoisotopic (exact) mass is 329 g/mol. The number of ether oxygens (including phenoxy) is 1. The number of aliphatic hydroxyl groups excluding tert-OH is 1. The molecule has 24 heavy (non-hydrogen) atoms. The Balaban J connectivity index is 1.50. The Labute approximate surface area is 137 Å². The van der Waals surface area contributed by atoms with Crippen LogP contribution in [0.3, 0.4) is 0 Å². The number of rotatable bonds is 7. The van der Waals surface area contributed by atoms with Crippen molar-refractivity contribution in [3.05, 3.63) is 60.2 Å². The van der Waals surface area contributed by atoms with Gasteiger partial charge in [0.25, 0.3) is 0 Å². The zero-order chi connectivity index (χ0) is 16.8. The highest BCUT2D eigenvalue weighted by atomic mass is 19.1. The molecule has 0 fully saturated rings. The van der Waals surface area contributed by atoms with Crippen molar-refractivity contribution in [1.29, 1.82) is 0 Å². The number of pyridine rings is 1. The van der Waals surface area contributed by atoms with Gasteiger partial charge in [0, 0.05) is 23.5 Å². The molecule has 8 heteroatoms. The summed E-state index contributed by atoms with van der Waals surface area (Å²) >= 11 is 0. The Morgan fingerprint density at radius 1 is 1.21 bits per heavy atom. The average molecular weight is 329 g/mol. The van der Waals surface area contributed by atoms with Crippen molar-refractivity contribution in [3.8, 4) is 11.4 Å². The van der Waals surface area contributed by atoms with Gasteiger partial charge < -0.3 is 9.84 Å². The molecule has 3 rings (SSSR count). The number of aromatic nitrogens is 5. The van der Waals surface area contributed by atoms with Crippen LogP contribution in [-0.2, 0) is 17.9 Å². The van der Waals surface area contributed by atoms with E-state index in [1.165, 1.54) is 10.9 Å². The van der Waals surface area contributed by atoms with Gasteiger partial charge in [-0.25, -0.2) is 4.39 Å². The molecule has 0 radical (unpaired) electrons. The second kappa shape index (κ2) is 7.71. The molecular weight excluding hydrogens is 313 g/mol. The summed E-state index contributed by atoms with van der Waals surface area (Å²) in [6, 6.07) is 9.96. The minimum absolute atomic E-state index is 0.0398. The van der Waals surface area contributed by atoms with E-state index in [9.17, 15) is 9.50 Å². The molecule has 1 aromatic carbocycles. The van der Waals surface area contributed by atoms with E-state index in [4.69, 9.17) is 4.74 Å². The van der Waals surface area contributed by atoms with E-state index < -0.39 is 6.10 Å². The van der Waals surface area contributed by atoms with Crippen molar-refractivity contribution in [2.45, 2.75) is 19.3 Å². The molecule has 0 aliphatic heterocycles. The van der Waals surface area contributed by atoms with Crippen LogP contribution in [0.5, 0.6) is 0 Å². The molecule has 2 aromatic heterocycles. The van der Waals surface area contributed by atoms with Gasteiger partial charge in [-0.1, -0.05) is 18.2 Å². The number of halogens is 1. The third-order valence-electron chi connectivity index (χ3n) is 3.27. The van der Waals surface area contributed by atoms with Crippen LogP contribution in [-0.4, -0.2) is 43.0 Å². The lowest BCUT2D eigenvalue weighted by molar-refractivity contribution is 0.0156. The van der Waals surface area contributed by atoms with Crippen molar-refractivity contribution in [2.24, 2.45) is 0 Å². The highest BCUT2D eigenvalue weighted by Crippen LogP contribution is 2.11. The summed E-state index contributed by atoms with van der Waals surface area (Å²) in [4.78, 5) is 5.28. The van der Waals surface area contributed by atoms with Crippen LogP contribution < -0.4 is 0 Å². The molecule has 0 spiro atoms. The van der Waals surface area contributed by atoms with Crippen molar-refractivity contribution in [3.63, 3.8) is 0 Å². The SMILES string of the molecule is O[C@@H](COCc1ccccc1F)Cn1nnc(-c2cccnc2)n1. The van der Waals surface area contributed by atoms with Crippen molar-refractivity contribution < 1.29 is 14.2 Å². The van der Waals surface area contributed by atoms with Crippen molar-refractivity contribution in [2.75, 3.05) is 6.61 Å². The topological polar surface area (TPSA) is 86.0 Å². The van der Waals surface area contributed by atoms with Crippen LogP contribution in [0.2, 0.25) is 0 Å². The van der Waals surface area contributed by atoms with Crippen molar-refractivity contribution in [1.82, 2.24) is 25.2 Å². The van der Waals surface area contributed by atoms with Crippen molar-refractivity contribution >= 4 is 0 Å². The van der Waals surface area contributed by atoms with E-state index in [1.54, 1.807) is 36.7 Å². The van der Waals surface area contributed by atoms with Gasteiger partial charge in [0.15, 0.2) is 0 Å². The number of hydrogen-bond donors (Lipinski definition) is 1. The Bertz CT molecular complexity index is 781. The van der Waals surface area contributed by atoms with E-state index in [0.29, 0.717) is 11.4 Å². The number of aliphatic hydroxyl groups is 1. The predicted octanol–water partition coefficient (Wildman–Crippen LogP) is 1.45. The molecule has 0 bridgehead atoms. The van der Waals surface area contributed by atoms with Gasteiger partial charge in [0.05, 0.1) is 25.9 Å². The summed E-state index contributed by atoms with van der Waals surface area (Å²) in [7, 11) is 0. The normalized spacial score (nSPS) is 12.2. The maximum absolute atomic E-state index is 13.4. The van der Waals surface area contributed by atoms with Crippen LogP contribution >= 0.6 is 0 Å². The van der Waals surface area contributed by atoms with Crippen LogP contribution in [0.15, 0.2) is 48.8 Å². The zero-order valence-corrected chi connectivity index (χ0v) is 12.8. The average Bonchev–Trinajstić information content (AvgIpc) is 3.06. The maximum atomic E-state index is 13.4. The van der Waals surface area contributed by atoms with E-state index >= 15 is 0 Å². The first-order valence-corrected chi connectivity index (χ1v) is 7.40. The molecule has 3 aromatic rings. The Kier molecular flexibility index (Phi) is 5.19. The Morgan fingerprint density at radius 3 is 2.88 bits per heavy atom. The fraction of sp³-hybridized carbons (Fsp3) is 0.250. The fourth-order valence-corrected chi connectivity index (χ4v) is 2.09. The molecule has 0 aliphatic rings. The standard InChI is InChI=1S/C16H16FN5O2/c17-15-6-2-1-4-13(15)10-24-11-14(23)9-22-20-16(19-21-22)12-5-3-7-18-8-12/h1-8,14,23H,9-11H2/t14-/m1/s1. The summed E-state index contributed by atoms with van der Waals surface area (Å²) in [5.74, 6) is 0.105. The van der Waals surface area contributed by atoms with E-state index in [1.807, 2.05) is 6.07 Å². The first-order chi connectivity index (χ1) is 11.7. The molecule has 124 valence electrons. The van der Waals surface area contributed by atoms with Gasteiger partial charge in [0.2, 0.25) is 5.82 Å². The van der Waals surface area contributed by atoms with Gasteiger partial charge in [0.1, 0.15) is 5.82 Å². The maximum Gasteiger partial charge on any atom is 0.206 e. The summed E-state index contributed by atoms with van der Waals surface area (Å²) in [6.45, 7) is 0.262. The van der Waals surface area contributed by atoms with E-state index in [2.05, 4.69) is 20.4 Å². The molecule has 0 unspecified atom stereocenters. The lowest BCUT2D eigenvalue weighted by atomic mass is 10.2. The van der Waals surface area contributed by atoms with Crippen LogP contribution in [0.4, 0.5) is 4.39 Å². The third-order valence-corrected chi connectivity index (χ3v) is 3.27. The van der Waals surface area contributed by atoms with Gasteiger partial charge >= 0.3 is 0 Å². The number of tetrazole rings is 1. The number of hydrogen-bond acceptors (Lipinski definition) is 6. The van der Waals surface area contributed by atoms with E-state index in [0.717, 1.165) is 5.56 Å². The highest BCUT2D eigenvalue weighted by molar-refractivity contribution is 5.51. The lowest BCUT2D eigenvalue weighted by Gasteiger charge is -2.10. The second-order valence-electron chi connectivity index (χ2n) is 5.17. The molecule has 0 amide bonds. The van der Waals surface area contributed by atoms with Gasteiger partial charge in [-0.15, -0.1) is 10.2 Å². The Hall–Kier alpha value is -2.71. The minimum atomic E-state index is -0.826. The fourth-order valence-electron chi connectivity index (χ4n) is 2.09. The predicted molar refractivity (Wildman–Crippen MR) is 83.1 cm³/mol. The van der Waals surface area contributed by atoms with Gasteiger partial charge in [-0.05, 0) is 23.4 Å². The lowest BCUT2D eigenvalue weighted by Crippen LogP contribution is -2.23. The molecular formula is C16H16FN5O2. The van der Waals surface area contributed by atoms with E-state index in [-0.39, 0.29) is 25.6 Å². The second-order valence-corrected chi connectivity index (χ2v) is 5.17. The van der Waals surface area contributed by atoms with Crippen LogP contribution in [0, 0.1) is 5.82 Å². The Morgan fingerprint density at radius 2 is 2.08 bits per heavy atom. The van der Waals surface area contributed by atoms with Gasteiger partial charge in [-0.2, -0.15) is 4.80 Å². The highest BCUT2D eigenvalue weighted by Gasteiger charge is 2.11. The first kappa shape index (κ1) is 16.2. The summed E-state index contributed by atoms with van der Waals surface area (Å²) in [6.07, 6.45) is 2.47. The molecule has 0 saturated heterocycles. The quantitative estimate of drug-likeness (QED) is 0.706. The number of benzene rings is 1. The molecule has 1 atom stereocenters. The van der Waals surface area contributed by atoms with Gasteiger partial charge in [-0.3, -0.25) is 4.98 Å². The first-order valence-electron chi connectivity index (χ1n) is 7.40. The molecule has 2 heterocycles.